The van der Waals surface area contributed by atoms with Crippen molar-refractivity contribution in [3.63, 3.8) is 0 Å². The van der Waals surface area contributed by atoms with E-state index in [0.717, 1.165) is 22.2 Å². The molecule has 0 saturated carbocycles. The van der Waals surface area contributed by atoms with E-state index >= 15 is 0 Å². The number of nitrogens with zero attached hydrogens (tertiary/aromatic N) is 2. The standard InChI is InChI=1S/C14H10ClFN2/c1-18-5-4-13-14(18)7-10(8-17-13)9-2-3-12(16)11(15)6-9/h2-8H,1H3. The topological polar surface area (TPSA) is 17.8 Å². The molecule has 2 aromatic heterocycles. The molecule has 0 aliphatic heterocycles. The fraction of sp³-hybridized carbons (Fsp3) is 0.0714. The maximum Gasteiger partial charge on any atom is 0.141 e. The quantitative estimate of drug-likeness (QED) is 0.646. The highest BCUT2D eigenvalue weighted by Gasteiger charge is 2.06. The Morgan fingerprint density at radius 1 is 1.17 bits per heavy atom. The molecule has 90 valence electrons. The molecule has 0 atom stereocenters. The van der Waals surface area contributed by atoms with Crippen molar-refractivity contribution >= 4 is 22.6 Å². The predicted molar refractivity (Wildman–Crippen MR) is 71.1 cm³/mol. The first-order valence-corrected chi connectivity index (χ1v) is 5.89. The maximum absolute atomic E-state index is 13.1. The van der Waals surface area contributed by atoms with Crippen LogP contribution in [0.4, 0.5) is 4.39 Å². The predicted octanol–water partition coefficient (Wildman–Crippen LogP) is 4.03. The molecule has 0 radical (unpaired) electrons. The molecule has 0 aliphatic carbocycles. The van der Waals surface area contributed by atoms with Crippen LogP contribution in [0.1, 0.15) is 0 Å². The molecule has 3 aromatic rings. The van der Waals surface area contributed by atoms with E-state index in [1.54, 1.807) is 18.3 Å². The van der Waals surface area contributed by atoms with Gasteiger partial charge < -0.3 is 4.57 Å². The smallest absolute Gasteiger partial charge is 0.141 e. The molecule has 0 bridgehead atoms. The molecular weight excluding hydrogens is 251 g/mol. The van der Waals surface area contributed by atoms with Gasteiger partial charge in [0.1, 0.15) is 5.82 Å². The van der Waals surface area contributed by atoms with E-state index in [1.807, 2.05) is 29.9 Å². The van der Waals surface area contributed by atoms with Crippen LogP contribution in [-0.4, -0.2) is 9.55 Å². The van der Waals surface area contributed by atoms with Crippen molar-refractivity contribution in [2.45, 2.75) is 0 Å². The summed E-state index contributed by atoms with van der Waals surface area (Å²) in [5.41, 5.74) is 3.76. The summed E-state index contributed by atoms with van der Waals surface area (Å²) in [5, 5.41) is 0.125. The zero-order valence-electron chi connectivity index (χ0n) is 9.69. The van der Waals surface area contributed by atoms with Gasteiger partial charge in [0, 0.05) is 25.0 Å². The third kappa shape index (κ3) is 1.77. The van der Waals surface area contributed by atoms with Crippen LogP contribution in [-0.2, 0) is 7.05 Å². The third-order valence-corrected chi connectivity index (χ3v) is 3.28. The molecule has 0 spiro atoms. The molecule has 0 amide bonds. The van der Waals surface area contributed by atoms with Gasteiger partial charge in [-0.15, -0.1) is 0 Å². The van der Waals surface area contributed by atoms with Crippen molar-refractivity contribution in [3.8, 4) is 11.1 Å². The van der Waals surface area contributed by atoms with Crippen molar-refractivity contribution < 1.29 is 4.39 Å². The van der Waals surface area contributed by atoms with Crippen molar-refractivity contribution in [1.82, 2.24) is 9.55 Å². The van der Waals surface area contributed by atoms with E-state index in [1.165, 1.54) is 6.07 Å². The minimum atomic E-state index is -0.409. The Morgan fingerprint density at radius 2 is 2.00 bits per heavy atom. The van der Waals surface area contributed by atoms with Gasteiger partial charge in [0.25, 0.3) is 0 Å². The van der Waals surface area contributed by atoms with E-state index < -0.39 is 5.82 Å². The summed E-state index contributed by atoms with van der Waals surface area (Å²) in [6.07, 6.45) is 3.73. The summed E-state index contributed by atoms with van der Waals surface area (Å²) in [6.45, 7) is 0. The second-order valence-electron chi connectivity index (χ2n) is 4.18. The number of hydrogen-bond donors (Lipinski definition) is 0. The Balaban J connectivity index is 2.18. The molecule has 2 nitrogen and oxygen atoms in total. The largest absolute Gasteiger partial charge is 0.349 e. The van der Waals surface area contributed by atoms with Crippen LogP contribution in [0.15, 0.2) is 42.7 Å². The van der Waals surface area contributed by atoms with Crippen LogP contribution in [0.3, 0.4) is 0 Å². The van der Waals surface area contributed by atoms with Crippen molar-refractivity contribution in [2.75, 3.05) is 0 Å². The summed E-state index contributed by atoms with van der Waals surface area (Å²) in [7, 11) is 1.96. The molecule has 3 rings (SSSR count). The monoisotopic (exact) mass is 260 g/mol. The Labute approximate surface area is 109 Å². The molecule has 2 heterocycles. The average Bonchev–Trinajstić information content (AvgIpc) is 2.74. The Kier molecular flexibility index (Phi) is 2.56. The molecule has 0 N–H and O–H groups in total. The molecule has 4 heteroatoms. The van der Waals surface area contributed by atoms with E-state index in [9.17, 15) is 4.39 Å². The van der Waals surface area contributed by atoms with Gasteiger partial charge in [0.15, 0.2) is 0 Å². The summed E-state index contributed by atoms with van der Waals surface area (Å²) in [5.74, 6) is -0.409. The van der Waals surface area contributed by atoms with Gasteiger partial charge in [-0.05, 0) is 29.8 Å². The summed E-state index contributed by atoms with van der Waals surface area (Å²) >= 11 is 5.79. The minimum Gasteiger partial charge on any atom is -0.349 e. The number of aryl methyl sites for hydroxylation is 1. The van der Waals surface area contributed by atoms with Gasteiger partial charge in [0.2, 0.25) is 0 Å². The van der Waals surface area contributed by atoms with E-state index in [0.29, 0.717) is 0 Å². The zero-order valence-corrected chi connectivity index (χ0v) is 10.4. The van der Waals surface area contributed by atoms with Crippen LogP contribution in [0.5, 0.6) is 0 Å². The van der Waals surface area contributed by atoms with Crippen LogP contribution in [0.25, 0.3) is 22.2 Å². The molecule has 0 unspecified atom stereocenters. The lowest BCUT2D eigenvalue weighted by Crippen LogP contribution is -1.87. The molecule has 1 aromatic carbocycles. The van der Waals surface area contributed by atoms with Crippen LogP contribution in [0, 0.1) is 5.82 Å². The van der Waals surface area contributed by atoms with Gasteiger partial charge in [-0.3, -0.25) is 4.98 Å². The fourth-order valence-corrected chi connectivity index (χ4v) is 2.15. The first kappa shape index (κ1) is 11.2. The molecule has 0 saturated heterocycles. The van der Waals surface area contributed by atoms with Crippen LogP contribution >= 0.6 is 11.6 Å². The first-order chi connectivity index (χ1) is 8.65. The summed E-state index contributed by atoms with van der Waals surface area (Å²) < 4.78 is 15.1. The normalized spacial score (nSPS) is 11.1. The zero-order chi connectivity index (χ0) is 12.7. The van der Waals surface area contributed by atoms with Gasteiger partial charge in [-0.2, -0.15) is 0 Å². The number of hydrogen-bond acceptors (Lipinski definition) is 1. The lowest BCUT2D eigenvalue weighted by molar-refractivity contribution is 0.628. The highest BCUT2D eigenvalue weighted by Crippen LogP contribution is 2.26. The molecule has 18 heavy (non-hydrogen) atoms. The van der Waals surface area contributed by atoms with E-state index in [4.69, 9.17) is 11.6 Å². The number of aromatic nitrogens is 2. The Morgan fingerprint density at radius 3 is 2.78 bits per heavy atom. The Bertz CT molecular complexity index is 734. The number of rotatable bonds is 1. The average molecular weight is 261 g/mol. The van der Waals surface area contributed by atoms with Crippen molar-refractivity contribution in [1.29, 1.82) is 0 Å². The first-order valence-electron chi connectivity index (χ1n) is 5.51. The van der Waals surface area contributed by atoms with E-state index in [2.05, 4.69) is 4.98 Å². The number of halogens is 2. The maximum atomic E-state index is 13.1. The number of fused-ring (bicyclic) bond motifs is 1. The summed E-state index contributed by atoms with van der Waals surface area (Å²) in [6, 6.07) is 8.66. The Hall–Kier alpha value is -1.87. The van der Waals surface area contributed by atoms with Gasteiger partial charge in [-0.1, -0.05) is 17.7 Å². The second-order valence-corrected chi connectivity index (χ2v) is 4.59. The SMILES string of the molecule is Cn1ccc2ncc(-c3ccc(F)c(Cl)c3)cc21. The molecule has 0 fully saturated rings. The number of pyridine rings is 1. The number of benzene rings is 1. The lowest BCUT2D eigenvalue weighted by atomic mass is 10.1. The van der Waals surface area contributed by atoms with Crippen LogP contribution in [0.2, 0.25) is 5.02 Å². The lowest BCUT2D eigenvalue weighted by Gasteiger charge is -2.04. The highest BCUT2D eigenvalue weighted by atomic mass is 35.5. The third-order valence-electron chi connectivity index (χ3n) is 2.99. The van der Waals surface area contributed by atoms with Gasteiger partial charge in [0.05, 0.1) is 16.1 Å². The highest BCUT2D eigenvalue weighted by molar-refractivity contribution is 6.31. The van der Waals surface area contributed by atoms with E-state index in [-0.39, 0.29) is 5.02 Å². The minimum absolute atomic E-state index is 0.125. The molecule has 0 aliphatic rings. The van der Waals surface area contributed by atoms with Gasteiger partial charge in [-0.25, -0.2) is 4.39 Å². The van der Waals surface area contributed by atoms with Gasteiger partial charge >= 0.3 is 0 Å². The van der Waals surface area contributed by atoms with Crippen molar-refractivity contribution in [2.24, 2.45) is 7.05 Å². The summed E-state index contributed by atoms with van der Waals surface area (Å²) in [4.78, 5) is 4.37. The fourth-order valence-electron chi connectivity index (χ4n) is 1.97. The molecular formula is C14H10ClFN2. The second kappa shape index (κ2) is 4.10. The van der Waals surface area contributed by atoms with Crippen LogP contribution < -0.4 is 0 Å². The van der Waals surface area contributed by atoms with Crippen molar-refractivity contribution in [3.05, 3.63) is 53.6 Å².